The van der Waals surface area contributed by atoms with Gasteiger partial charge in [-0.3, -0.25) is 4.79 Å². The third kappa shape index (κ3) is 6.88. The predicted molar refractivity (Wildman–Crippen MR) is 185 cm³/mol. The number of esters is 2. The summed E-state index contributed by atoms with van der Waals surface area (Å²) >= 11 is 0. The number of allylic oxidation sites excluding steroid dienone is 1. The third-order valence-corrected chi connectivity index (χ3v) is 11.5. The van der Waals surface area contributed by atoms with Gasteiger partial charge in [0.2, 0.25) is 0 Å². The van der Waals surface area contributed by atoms with Gasteiger partial charge in [0.05, 0.1) is 24.3 Å². The molecule has 280 valence electrons. The van der Waals surface area contributed by atoms with E-state index in [4.69, 9.17) is 18.9 Å². The summed E-state index contributed by atoms with van der Waals surface area (Å²) in [6.07, 6.45) is -4.10. The van der Waals surface area contributed by atoms with Crippen molar-refractivity contribution in [1.82, 2.24) is 5.32 Å². The fourth-order valence-corrected chi connectivity index (χ4v) is 8.58. The van der Waals surface area contributed by atoms with Crippen LogP contribution >= 0.6 is 0 Å². The van der Waals surface area contributed by atoms with Crippen LogP contribution in [0.3, 0.4) is 0 Å². The molecule has 1 aliphatic heterocycles. The van der Waals surface area contributed by atoms with Crippen LogP contribution in [0.2, 0.25) is 0 Å². The van der Waals surface area contributed by atoms with Gasteiger partial charge < -0.3 is 39.6 Å². The molecular formula is C39H53NO11. The van der Waals surface area contributed by atoms with Crippen LogP contribution in [0.15, 0.2) is 53.1 Å². The van der Waals surface area contributed by atoms with Gasteiger partial charge in [0, 0.05) is 29.6 Å². The lowest BCUT2D eigenvalue weighted by Crippen LogP contribution is -2.77. The van der Waals surface area contributed by atoms with Gasteiger partial charge in [0.15, 0.2) is 6.10 Å². The smallest absolute Gasteiger partial charge is 0.408 e. The van der Waals surface area contributed by atoms with Crippen molar-refractivity contribution in [2.45, 2.75) is 135 Å². The van der Waals surface area contributed by atoms with E-state index in [2.05, 4.69) is 5.32 Å². The minimum absolute atomic E-state index is 0.105. The number of hydrogen-bond acceptors (Lipinski definition) is 11. The van der Waals surface area contributed by atoms with E-state index in [1.165, 1.54) is 6.08 Å². The Hall–Kier alpha value is -3.58. The number of fused-ring (bicyclic) bond motifs is 5. The fraction of sp³-hybridized carbons (Fsp3) is 0.641. The maximum Gasteiger partial charge on any atom is 0.408 e. The third-order valence-electron chi connectivity index (χ3n) is 11.5. The molecule has 1 amide bonds. The highest BCUT2D eigenvalue weighted by atomic mass is 16.6. The molecule has 51 heavy (non-hydrogen) atoms. The summed E-state index contributed by atoms with van der Waals surface area (Å²) < 4.78 is 23.3. The van der Waals surface area contributed by atoms with Crippen LogP contribution in [-0.2, 0) is 28.5 Å². The molecule has 4 aliphatic rings. The number of ketones is 1. The fourth-order valence-electron chi connectivity index (χ4n) is 8.58. The second-order valence-corrected chi connectivity index (χ2v) is 16.7. The van der Waals surface area contributed by atoms with Gasteiger partial charge in [-0.15, -0.1) is 0 Å². The zero-order valence-corrected chi connectivity index (χ0v) is 31.1. The van der Waals surface area contributed by atoms with Gasteiger partial charge in [-0.2, -0.15) is 0 Å². The number of carbonyl (C=O) groups is 4. The number of ether oxygens (including phenoxy) is 4. The molecular weight excluding hydrogens is 658 g/mol. The van der Waals surface area contributed by atoms with E-state index in [1.54, 1.807) is 92.6 Å². The first-order valence-corrected chi connectivity index (χ1v) is 17.6. The first-order valence-electron chi connectivity index (χ1n) is 17.6. The summed E-state index contributed by atoms with van der Waals surface area (Å²) in [5.74, 6) is -3.10. The maximum atomic E-state index is 14.5. The molecule has 2 bridgehead atoms. The van der Waals surface area contributed by atoms with Crippen LogP contribution in [0.25, 0.3) is 0 Å². The summed E-state index contributed by atoms with van der Waals surface area (Å²) in [6, 6.07) is 7.04. The molecule has 3 aliphatic carbocycles. The molecule has 0 unspecified atom stereocenters. The molecule has 3 fully saturated rings. The quantitative estimate of drug-likeness (QED) is 0.180. The monoisotopic (exact) mass is 711 g/mol. The van der Waals surface area contributed by atoms with E-state index in [1.807, 2.05) is 0 Å². The molecule has 4 N–H and O–H groups in total. The lowest BCUT2D eigenvalue weighted by molar-refractivity contribution is -0.328. The van der Waals surface area contributed by atoms with Crippen LogP contribution in [0.4, 0.5) is 4.79 Å². The number of alkyl carbamates (subject to hydrolysis) is 1. The average molecular weight is 712 g/mol. The van der Waals surface area contributed by atoms with Crippen LogP contribution in [0.1, 0.15) is 98.4 Å². The van der Waals surface area contributed by atoms with Gasteiger partial charge in [-0.25, -0.2) is 14.4 Å². The SMILES string of the molecule is CC(C)=C[C@H](NC(=O)OC(C)(C)C)[C@@H](O)C(=O)O[C@H]1C[C@@]2(O)[C@@H](OC(=O)c3ccccc3)[C@@H]3[C@]4(O)CO[C@@H]4CC[C@@]3(C)C(=O)CC(=C1C)C2(C)C. The minimum atomic E-state index is -1.99. The Morgan fingerprint density at radius 1 is 1.06 bits per heavy atom. The van der Waals surface area contributed by atoms with Crippen molar-refractivity contribution in [2.75, 3.05) is 6.61 Å². The lowest BCUT2D eigenvalue weighted by atomic mass is 9.46. The zero-order valence-electron chi connectivity index (χ0n) is 31.1. The summed E-state index contributed by atoms with van der Waals surface area (Å²) in [5, 5.41) is 39.1. The van der Waals surface area contributed by atoms with Crippen molar-refractivity contribution in [2.24, 2.45) is 16.7 Å². The minimum Gasteiger partial charge on any atom is -0.456 e. The summed E-state index contributed by atoms with van der Waals surface area (Å²) in [4.78, 5) is 54.7. The second kappa shape index (κ2) is 13.4. The normalized spacial score (nSPS) is 33.8. The number of aliphatic hydroxyl groups is 3. The van der Waals surface area contributed by atoms with Gasteiger partial charge in [-0.05, 0) is 72.1 Å². The predicted octanol–water partition coefficient (Wildman–Crippen LogP) is 4.34. The highest BCUT2D eigenvalue weighted by Gasteiger charge is 2.73. The van der Waals surface area contributed by atoms with Crippen molar-refractivity contribution in [3.05, 3.63) is 58.7 Å². The highest BCUT2D eigenvalue weighted by Crippen LogP contribution is 2.63. The first-order chi connectivity index (χ1) is 23.5. The molecule has 1 aromatic rings. The zero-order chi connectivity index (χ0) is 37.9. The van der Waals surface area contributed by atoms with Crippen LogP contribution in [0.5, 0.6) is 0 Å². The Morgan fingerprint density at radius 3 is 2.27 bits per heavy atom. The van der Waals surface area contributed by atoms with Crippen molar-refractivity contribution < 1.29 is 53.4 Å². The maximum absolute atomic E-state index is 14.5. The second-order valence-electron chi connectivity index (χ2n) is 16.7. The molecule has 12 nitrogen and oxygen atoms in total. The number of aliphatic hydroxyl groups excluding tert-OH is 1. The molecule has 9 atom stereocenters. The number of amides is 1. The van der Waals surface area contributed by atoms with E-state index in [0.717, 1.165) is 0 Å². The number of rotatable bonds is 7. The van der Waals surface area contributed by atoms with Crippen LogP contribution in [-0.4, -0.2) is 93.0 Å². The topological polar surface area (TPSA) is 178 Å². The van der Waals surface area contributed by atoms with E-state index in [-0.39, 0.29) is 30.8 Å². The first kappa shape index (κ1) is 38.6. The summed E-state index contributed by atoms with van der Waals surface area (Å²) in [6.45, 7) is 15.4. The Balaban J connectivity index is 1.57. The number of nitrogens with one attached hydrogen (secondary N) is 1. The van der Waals surface area contributed by atoms with E-state index in [9.17, 15) is 34.5 Å². The average Bonchev–Trinajstić information content (AvgIpc) is 3.02. The Bertz CT molecular complexity index is 1620. The molecule has 5 rings (SSSR count). The summed E-state index contributed by atoms with van der Waals surface area (Å²) in [5.41, 5.74) is -4.87. The van der Waals surface area contributed by atoms with Gasteiger partial charge in [0.25, 0.3) is 0 Å². The molecule has 1 saturated heterocycles. The molecule has 1 heterocycles. The molecule has 2 saturated carbocycles. The standard InChI is InChI=1S/C39H53NO11/c1-21(2)17-25(40-34(45)51-35(4,5)6)29(42)33(44)49-26-19-39(47)31(50-32(43)23-13-11-10-12-14-23)30-37(9,16-15-28-38(30,46)20-48-28)27(41)18-24(22(26)3)36(39,7)8/h10-14,17,25-26,28-31,42,46-47H,15-16,18-20H2,1-9H3,(H,40,45)/t25-,26-,28+,29+,30-,31-,37-,38-,39+/m0/s1. The van der Waals surface area contributed by atoms with Gasteiger partial charge >= 0.3 is 18.0 Å². The number of carbonyl (C=O) groups excluding carboxylic acids is 4. The molecule has 0 radical (unpaired) electrons. The van der Waals surface area contributed by atoms with Crippen molar-refractivity contribution >= 4 is 23.8 Å². The van der Waals surface area contributed by atoms with Crippen molar-refractivity contribution in [1.29, 1.82) is 0 Å². The Kier molecular flexibility index (Phi) is 10.2. The molecule has 1 aromatic carbocycles. The van der Waals surface area contributed by atoms with Crippen molar-refractivity contribution in [3.63, 3.8) is 0 Å². The van der Waals surface area contributed by atoms with E-state index in [0.29, 0.717) is 29.6 Å². The molecule has 0 spiro atoms. The highest BCUT2D eigenvalue weighted by molar-refractivity contribution is 5.91. The molecule has 12 heteroatoms. The largest absolute Gasteiger partial charge is 0.456 e. The number of Topliss-reactive ketones (excluding diaryl/α,β-unsaturated/α-hetero) is 1. The number of benzene rings is 1. The molecule has 0 aromatic heterocycles. The van der Waals surface area contributed by atoms with Gasteiger partial charge in [0.1, 0.15) is 34.8 Å². The van der Waals surface area contributed by atoms with Crippen LogP contribution < -0.4 is 5.32 Å². The van der Waals surface area contributed by atoms with E-state index >= 15 is 0 Å². The lowest BCUT2D eigenvalue weighted by Gasteiger charge is -2.65. The van der Waals surface area contributed by atoms with E-state index < -0.39 is 82.0 Å². The van der Waals surface area contributed by atoms with Gasteiger partial charge in [-0.1, -0.05) is 56.2 Å². The Morgan fingerprint density at radius 2 is 1.71 bits per heavy atom. The summed E-state index contributed by atoms with van der Waals surface area (Å²) in [7, 11) is 0. The van der Waals surface area contributed by atoms with Crippen LogP contribution in [0, 0.1) is 16.7 Å². The Labute approximate surface area is 299 Å². The van der Waals surface area contributed by atoms with Crippen molar-refractivity contribution in [3.8, 4) is 0 Å². The number of hydrogen-bond donors (Lipinski definition) is 4.